The van der Waals surface area contributed by atoms with Gasteiger partial charge < -0.3 is 5.73 Å². The Morgan fingerprint density at radius 1 is 1.05 bits per heavy atom. The number of amidine groups is 1. The molecule has 2 aliphatic rings. The lowest BCUT2D eigenvalue weighted by Crippen LogP contribution is -2.43. The monoisotopic (exact) mass is 277 g/mol. The van der Waals surface area contributed by atoms with Crippen molar-refractivity contribution in [3.05, 3.63) is 59.7 Å². The summed E-state index contributed by atoms with van der Waals surface area (Å²) in [5.41, 5.74) is 12.6. The fourth-order valence-electron chi connectivity index (χ4n) is 3.74. The minimum Gasteiger partial charge on any atom is -0.385 e. The van der Waals surface area contributed by atoms with E-state index < -0.39 is 11.3 Å². The SMILES string of the molecule is CC1(C2C(=O)NN=C2N)c2ccccc2-c2ccccc21. The number of benzene rings is 2. The molecule has 4 rings (SSSR count). The van der Waals surface area contributed by atoms with E-state index in [1.165, 1.54) is 11.1 Å². The second kappa shape index (κ2) is 3.95. The van der Waals surface area contributed by atoms with Gasteiger partial charge in [0.15, 0.2) is 0 Å². The molecule has 4 nitrogen and oxygen atoms in total. The van der Waals surface area contributed by atoms with Gasteiger partial charge in [0.25, 0.3) is 5.91 Å². The minimum atomic E-state index is -0.485. The molecule has 0 saturated heterocycles. The first-order valence-corrected chi connectivity index (χ1v) is 6.96. The summed E-state index contributed by atoms with van der Waals surface area (Å²) in [4.78, 5) is 12.3. The number of hydrazone groups is 1. The van der Waals surface area contributed by atoms with Crippen LogP contribution in [0.1, 0.15) is 18.1 Å². The van der Waals surface area contributed by atoms with E-state index in [1.54, 1.807) is 0 Å². The molecule has 2 aromatic carbocycles. The van der Waals surface area contributed by atoms with E-state index in [4.69, 9.17) is 5.73 Å². The average Bonchev–Trinajstić information content (AvgIpc) is 2.97. The number of hydrogen-bond donors (Lipinski definition) is 2. The molecule has 0 fully saturated rings. The second-order valence-corrected chi connectivity index (χ2v) is 5.74. The average molecular weight is 277 g/mol. The zero-order valence-electron chi connectivity index (χ0n) is 11.6. The van der Waals surface area contributed by atoms with Gasteiger partial charge in [0.2, 0.25) is 0 Å². The van der Waals surface area contributed by atoms with Crippen LogP contribution in [-0.4, -0.2) is 11.7 Å². The van der Waals surface area contributed by atoms with Crippen molar-refractivity contribution in [1.82, 2.24) is 5.43 Å². The van der Waals surface area contributed by atoms with E-state index in [1.807, 2.05) is 24.3 Å². The number of nitrogens with one attached hydrogen (secondary N) is 1. The third-order valence-corrected chi connectivity index (χ3v) is 4.69. The summed E-state index contributed by atoms with van der Waals surface area (Å²) < 4.78 is 0. The Labute approximate surface area is 122 Å². The number of fused-ring (bicyclic) bond motifs is 3. The summed E-state index contributed by atoms with van der Waals surface area (Å²) in [6, 6.07) is 16.4. The third kappa shape index (κ3) is 1.39. The van der Waals surface area contributed by atoms with E-state index >= 15 is 0 Å². The summed E-state index contributed by atoms with van der Waals surface area (Å²) in [6.07, 6.45) is 0. The largest absolute Gasteiger partial charge is 0.385 e. The van der Waals surface area contributed by atoms with Crippen molar-refractivity contribution in [3.63, 3.8) is 0 Å². The number of nitrogens with two attached hydrogens (primary N) is 1. The van der Waals surface area contributed by atoms with Crippen molar-refractivity contribution in [2.75, 3.05) is 0 Å². The predicted molar refractivity (Wildman–Crippen MR) is 81.6 cm³/mol. The Morgan fingerprint density at radius 3 is 2.05 bits per heavy atom. The molecule has 0 radical (unpaired) electrons. The van der Waals surface area contributed by atoms with Gasteiger partial charge in [-0.25, -0.2) is 5.43 Å². The highest BCUT2D eigenvalue weighted by Gasteiger charge is 2.51. The molecule has 1 amide bonds. The number of hydrogen-bond acceptors (Lipinski definition) is 3. The van der Waals surface area contributed by atoms with Crippen molar-refractivity contribution in [1.29, 1.82) is 0 Å². The molecule has 4 heteroatoms. The second-order valence-electron chi connectivity index (χ2n) is 5.74. The molecule has 0 bridgehead atoms. The van der Waals surface area contributed by atoms with Crippen LogP contribution in [0.2, 0.25) is 0 Å². The van der Waals surface area contributed by atoms with Crippen molar-refractivity contribution < 1.29 is 4.79 Å². The lowest BCUT2D eigenvalue weighted by molar-refractivity contribution is -0.123. The normalized spacial score (nSPS) is 21.5. The molecule has 1 aliphatic heterocycles. The molecule has 0 aromatic heterocycles. The zero-order chi connectivity index (χ0) is 14.6. The van der Waals surface area contributed by atoms with Gasteiger partial charge in [-0.2, -0.15) is 5.10 Å². The third-order valence-electron chi connectivity index (χ3n) is 4.69. The summed E-state index contributed by atoms with van der Waals surface area (Å²) >= 11 is 0. The van der Waals surface area contributed by atoms with Gasteiger partial charge in [0, 0.05) is 5.41 Å². The fourth-order valence-corrected chi connectivity index (χ4v) is 3.74. The van der Waals surface area contributed by atoms with E-state index in [-0.39, 0.29) is 5.91 Å². The predicted octanol–water partition coefficient (Wildman–Crippen LogP) is 1.99. The fraction of sp³-hybridized carbons (Fsp3) is 0.176. The van der Waals surface area contributed by atoms with E-state index in [9.17, 15) is 4.79 Å². The molecule has 0 spiro atoms. The van der Waals surface area contributed by atoms with Gasteiger partial charge in [-0.15, -0.1) is 0 Å². The van der Waals surface area contributed by atoms with Gasteiger partial charge in [-0.1, -0.05) is 55.5 Å². The summed E-state index contributed by atoms with van der Waals surface area (Å²) in [7, 11) is 0. The molecule has 1 aliphatic carbocycles. The Kier molecular flexibility index (Phi) is 2.28. The highest BCUT2D eigenvalue weighted by molar-refractivity contribution is 6.09. The van der Waals surface area contributed by atoms with Crippen LogP contribution in [0.25, 0.3) is 11.1 Å². The lowest BCUT2D eigenvalue weighted by atomic mass is 9.69. The van der Waals surface area contributed by atoms with Gasteiger partial charge >= 0.3 is 0 Å². The number of carbonyl (C=O) groups excluding carboxylic acids is 1. The molecule has 1 unspecified atom stereocenters. The van der Waals surface area contributed by atoms with Gasteiger partial charge in [-0.05, 0) is 22.3 Å². The van der Waals surface area contributed by atoms with Gasteiger partial charge in [0.1, 0.15) is 11.8 Å². The quantitative estimate of drug-likeness (QED) is 0.837. The van der Waals surface area contributed by atoms with Crippen molar-refractivity contribution >= 4 is 11.7 Å². The highest BCUT2D eigenvalue weighted by atomic mass is 16.2. The topological polar surface area (TPSA) is 67.5 Å². The Morgan fingerprint density at radius 2 is 1.57 bits per heavy atom. The summed E-state index contributed by atoms with van der Waals surface area (Å²) in [6.45, 7) is 2.08. The Balaban J connectivity index is 2.05. The first-order chi connectivity index (χ1) is 10.1. The van der Waals surface area contributed by atoms with Crippen molar-refractivity contribution in [2.24, 2.45) is 16.8 Å². The number of carbonyl (C=O) groups is 1. The highest BCUT2D eigenvalue weighted by Crippen LogP contribution is 2.52. The van der Waals surface area contributed by atoms with Gasteiger partial charge in [0.05, 0.1) is 0 Å². The van der Waals surface area contributed by atoms with Crippen LogP contribution in [0.3, 0.4) is 0 Å². The smallest absolute Gasteiger partial charge is 0.252 e. The number of nitrogens with zero attached hydrogens (tertiary/aromatic N) is 1. The summed E-state index contributed by atoms with van der Waals surface area (Å²) in [5.74, 6) is -0.252. The van der Waals surface area contributed by atoms with Crippen LogP contribution in [0.4, 0.5) is 0 Å². The van der Waals surface area contributed by atoms with Crippen LogP contribution >= 0.6 is 0 Å². The van der Waals surface area contributed by atoms with Crippen LogP contribution in [0.5, 0.6) is 0 Å². The van der Waals surface area contributed by atoms with Gasteiger partial charge in [-0.3, -0.25) is 4.79 Å². The van der Waals surface area contributed by atoms with E-state index in [0.29, 0.717) is 5.84 Å². The first-order valence-electron chi connectivity index (χ1n) is 6.96. The van der Waals surface area contributed by atoms with Crippen LogP contribution in [0.15, 0.2) is 53.6 Å². The molecule has 1 atom stereocenters. The lowest BCUT2D eigenvalue weighted by Gasteiger charge is -2.31. The van der Waals surface area contributed by atoms with Crippen LogP contribution in [-0.2, 0) is 10.2 Å². The molecular formula is C17H15N3O. The molecule has 0 saturated carbocycles. The van der Waals surface area contributed by atoms with Crippen LogP contribution < -0.4 is 11.2 Å². The molecular weight excluding hydrogens is 262 g/mol. The van der Waals surface area contributed by atoms with Crippen LogP contribution in [0, 0.1) is 5.92 Å². The standard InChI is InChI=1S/C17H15N3O/c1-17(14-15(18)19-20-16(14)21)12-8-4-2-6-10(12)11-7-3-5-9-13(11)17/h2-9,14H,1H3,(H2,18,19)(H,20,21). The molecule has 104 valence electrons. The minimum absolute atomic E-state index is 0.137. The van der Waals surface area contributed by atoms with Crippen molar-refractivity contribution in [3.8, 4) is 11.1 Å². The molecule has 1 heterocycles. The zero-order valence-corrected chi connectivity index (χ0v) is 11.6. The maximum absolute atomic E-state index is 12.3. The van der Waals surface area contributed by atoms with E-state index in [0.717, 1.165) is 11.1 Å². The number of amides is 1. The van der Waals surface area contributed by atoms with E-state index in [2.05, 4.69) is 41.7 Å². The maximum Gasteiger partial charge on any atom is 0.252 e. The first kappa shape index (κ1) is 12.1. The maximum atomic E-state index is 12.3. The summed E-state index contributed by atoms with van der Waals surface area (Å²) in [5, 5.41) is 3.93. The Hall–Kier alpha value is -2.62. The van der Waals surface area contributed by atoms with Crippen molar-refractivity contribution in [2.45, 2.75) is 12.3 Å². The number of rotatable bonds is 1. The Bertz CT molecular complexity index is 749. The molecule has 2 aromatic rings. The molecule has 21 heavy (non-hydrogen) atoms. The molecule has 3 N–H and O–H groups in total.